The summed E-state index contributed by atoms with van der Waals surface area (Å²) in [5.74, 6) is -0.427. The molecule has 0 aliphatic carbocycles. The molecule has 0 aromatic heterocycles. The summed E-state index contributed by atoms with van der Waals surface area (Å²) in [5.41, 5.74) is 0. The van der Waals surface area contributed by atoms with Gasteiger partial charge in [-0.1, -0.05) is 375 Å². The summed E-state index contributed by atoms with van der Waals surface area (Å²) in [7, 11) is -9.91. The summed E-state index contributed by atoms with van der Waals surface area (Å²) in [6.07, 6.45) is 63.0. The highest BCUT2D eigenvalue weighted by molar-refractivity contribution is 7.47. The van der Waals surface area contributed by atoms with Crippen LogP contribution in [0, 0.1) is 11.8 Å². The Morgan fingerprint density at radius 2 is 0.510 bits per heavy atom. The number of rotatable bonds is 80. The van der Waals surface area contributed by atoms with Crippen LogP contribution < -0.4 is 0 Å². The van der Waals surface area contributed by atoms with E-state index >= 15 is 0 Å². The van der Waals surface area contributed by atoms with Crippen LogP contribution in [0.15, 0.2) is 0 Å². The first-order valence-electron chi connectivity index (χ1n) is 42.0. The van der Waals surface area contributed by atoms with Crippen LogP contribution in [0.5, 0.6) is 0 Å². The Morgan fingerprint density at radius 3 is 0.760 bits per heavy atom. The van der Waals surface area contributed by atoms with E-state index in [1.54, 1.807) is 0 Å². The number of carbonyl (C=O) groups is 4. The van der Waals surface area contributed by atoms with Gasteiger partial charge in [-0.25, -0.2) is 9.13 Å². The minimum atomic E-state index is -4.96. The summed E-state index contributed by atoms with van der Waals surface area (Å²) in [5, 5.41) is 10.6. The summed E-state index contributed by atoms with van der Waals surface area (Å²) < 4.78 is 68.4. The molecule has 0 radical (unpaired) electrons. The van der Waals surface area contributed by atoms with Crippen molar-refractivity contribution >= 4 is 39.5 Å². The predicted molar refractivity (Wildman–Crippen MR) is 409 cm³/mol. The molecular formula is C81H158O17P2. The van der Waals surface area contributed by atoms with Gasteiger partial charge in [-0.3, -0.25) is 37.3 Å². The number of aliphatic hydroxyl groups is 1. The van der Waals surface area contributed by atoms with E-state index in [1.807, 2.05) is 0 Å². The van der Waals surface area contributed by atoms with Crippen LogP contribution >= 0.6 is 15.6 Å². The zero-order valence-corrected chi connectivity index (χ0v) is 67.3. The first-order valence-corrected chi connectivity index (χ1v) is 45.0. The van der Waals surface area contributed by atoms with Crippen molar-refractivity contribution in [1.29, 1.82) is 0 Å². The normalized spacial score (nSPS) is 14.2. The second-order valence-electron chi connectivity index (χ2n) is 29.9. The lowest BCUT2D eigenvalue weighted by Gasteiger charge is -2.21. The van der Waals surface area contributed by atoms with Crippen LogP contribution in [0.3, 0.4) is 0 Å². The molecule has 0 aromatic rings. The maximum atomic E-state index is 13.1. The molecule has 0 amide bonds. The molecule has 17 nitrogen and oxygen atoms in total. The molecule has 0 rings (SSSR count). The van der Waals surface area contributed by atoms with Gasteiger partial charge in [0.1, 0.15) is 19.3 Å². The van der Waals surface area contributed by atoms with Crippen molar-refractivity contribution in [3.8, 4) is 0 Å². The number of unbranched alkanes of at least 4 members (excludes halogenated alkanes) is 49. The van der Waals surface area contributed by atoms with Crippen LogP contribution in [0.25, 0.3) is 0 Å². The third-order valence-electron chi connectivity index (χ3n) is 19.3. The van der Waals surface area contributed by atoms with Gasteiger partial charge in [0.2, 0.25) is 0 Å². The predicted octanol–water partition coefficient (Wildman–Crippen LogP) is 24.3. The SMILES string of the molecule is CCCCCCCCCCCCCCC(=O)O[C@H](COC(=O)CCCCCCC)COP(=O)(O)OC[C@H](O)COP(=O)(O)OC[C@@H](COC(=O)CCCCCCCCCCCCCCCCCCCCC(C)C)OC(=O)CCCCCCCCCCCCCCCCCCCCC(C)CC. The lowest BCUT2D eigenvalue weighted by Crippen LogP contribution is -2.30. The molecule has 19 heteroatoms. The summed E-state index contributed by atoms with van der Waals surface area (Å²) in [6.45, 7) is 9.64. The molecule has 0 heterocycles. The standard InChI is InChI=1S/C81H158O17P2/c1-7-10-12-14-15-16-17-36-42-47-53-59-65-80(85)97-76(69-91-78(83)63-57-49-13-11-8-2)71-95-99(87,88)93-67-75(82)68-94-100(89,90)96-72-77(70-92-79(84)64-58-52-46-41-37-32-28-24-20-18-22-26-30-34-39-44-50-55-61-73(4)5)98-81(86)66-60-54-48-43-38-33-29-25-21-19-23-27-31-35-40-45-51-56-62-74(6)9-3/h73-77,82H,7-72H2,1-6H3,(H,87,88)(H,89,90)/t74?,75-,76+,77+/m0/s1. The molecule has 0 bridgehead atoms. The van der Waals surface area contributed by atoms with Crippen LogP contribution in [0.2, 0.25) is 0 Å². The fourth-order valence-electron chi connectivity index (χ4n) is 12.5. The Bertz CT molecular complexity index is 1930. The number of phosphoric ester groups is 2. The van der Waals surface area contributed by atoms with Crippen molar-refractivity contribution < 1.29 is 80.2 Å². The summed E-state index contributed by atoms with van der Waals surface area (Å²) in [6, 6.07) is 0. The van der Waals surface area contributed by atoms with Crippen molar-refractivity contribution in [3.05, 3.63) is 0 Å². The van der Waals surface area contributed by atoms with Crippen molar-refractivity contribution in [2.24, 2.45) is 11.8 Å². The molecule has 3 N–H and O–H groups in total. The molecule has 6 atom stereocenters. The minimum Gasteiger partial charge on any atom is -0.462 e. The van der Waals surface area contributed by atoms with Crippen molar-refractivity contribution in [3.63, 3.8) is 0 Å². The third kappa shape index (κ3) is 73.0. The van der Waals surface area contributed by atoms with Crippen LogP contribution in [-0.2, 0) is 65.4 Å². The van der Waals surface area contributed by atoms with E-state index < -0.39 is 97.5 Å². The highest BCUT2D eigenvalue weighted by Crippen LogP contribution is 2.45. The maximum Gasteiger partial charge on any atom is 0.472 e. The second-order valence-corrected chi connectivity index (χ2v) is 32.8. The Hall–Kier alpha value is -1.94. The fourth-order valence-corrected chi connectivity index (χ4v) is 14.1. The Kier molecular flexibility index (Phi) is 71.2. The van der Waals surface area contributed by atoms with Gasteiger partial charge in [-0.2, -0.15) is 0 Å². The Labute approximate surface area is 613 Å². The zero-order valence-electron chi connectivity index (χ0n) is 65.5. The molecule has 0 saturated heterocycles. The summed E-state index contributed by atoms with van der Waals surface area (Å²) >= 11 is 0. The first-order chi connectivity index (χ1) is 48.4. The Morgan fingerprint density at radius 1 is 0.290 bits per heavy atom. The molecule has 0 fully saturated rings. The number of aliphatic hydroxyl groups excluding tert-OH is 1. The molecule has 594 valence electrons. The number of hydrogen-bond donors (Lipinski definition) is 3. The highest BCUT2D eigenvalue weighted by Gasteiger charge is 2.30. The van der Waals surface area contributed by atoms with Crippen LogP contribution in [-0.4, -0.2) is 96.7 Å². The maximum absolute atomic E-state index is 13.1. The van der Waals surface area contributed by atoms with Gasteiger partial charge >= 0.3 is 39.5 Å². The van der Waals surface area contributed by atoms with Crippen molar-refractivity contribution in [2.45, 2.75) is 445 Å². The monoisotopic (exact) mass is 1470 g/mol. The average molecular weight is 1470 g/mol. The van der Waals surface area contributed by atoms with Gasteiger partial charge in [0.25, 0.3) is 0 Å². The molecule has 0 aliphatic heterocycles. The smallest absolute Gasteiger partial charge is 0.462 e. The van der Waals surface area contributed by atoms with Crippen molar-refractivity contribution in [2.75, 3.05) is 39.6 Å². The number of esters is 4. The molecule has 0 aliphatic rings. The minimum absolute atomic E-state index is 0.107. The van der Waals surface area contributed by atoms with Gasteiger partial charge in [-0.15, -0.1) is 0 Å². The third-order valence-corrected chi connectivity index (χ3v) is 21.2. The molecule has 0 spiro atoms. The number of phosphoric acid groups is 2. The molecule has 0 aromatic carbocycles. The van der Waals surface area contributed by atoms with Crippen LogP contribution in [0.4, 0.5) is 0 Å². The second kappa shape index (κ2) is 72.6. The molecule has 0 saturated carbocycles. The molecule has 100 heavy (non-hydrogen) atoms. The quantitative estimate of drug-likeness (QED) is 0.0222. The zero-order chi connectivity index (χ0) is 73.5. The largest absolute Gasteiger partial charge is 0.472 e. The van der Waals surface area contributed by atoms with E-state index in [-0.39, 0.29) is 25.7 Å². The first kappa shape index (κ1) is 98.1. The topological polar surface area (TPSA) is 237 Å². The van der Waals surface area contributed by atoms with Gasteiger partial charge in [0.15, 0.2) is 12.2 Å². The Balaban J connectivity index is 5.10. The van der Waals surface area contributed by atoms with Gasteiger partial charge < -0.3 is 33.8 Å². The van der Waals surface area contributed by atoms with E-state index in [9.17, 15) is 43.2 Å². The highest BCUT2D eigenvalue weighted by atomic mass is 31.2. The van der Waals surface area contributed by atoms with Gasteiger partial charge in [0.05, 0.1) is 26.4 Å². The lowest BCUT2D eigenvalue weighted by atomic mass is 9.99. The van der Waals surface area contributed by atoms with E-state index in [1.165, 1.54) is 238 Å². The van der Waals surface area contributed by atoms with E-state index in [2.05, 4.69) is 41.5 Å². The van der Waals surface area contributed by atoms with E-state index in [0.29, 0.717) is 25.7 Å². The van der Waals surface area contributed by atoms with E-state index in [0.717, 1.165) is 108 Å². The van der Waals surface area contributed by atoms with Gasteiger partial charge in [-0.05, 0) is 37.5 Å². The van der Waals surface area contributed by atoms with Gasteiger partial charge in [0, 0.05) is 25.7 Å². The van der Waals surface area contributed by atoms with Crippen molar-refractivity contribution in [1.82, 2.24) is 0 Å². The molecular weight excluding hydrogens is 1310 g/mol. The number of hydrogen-bond acceptors (Lipinski definition) is 15. The summed E-state index contributed by atoms with van der Waals surface area (Å²) in [4.78, 5) is 72.6. The van der Waals surface area contributed by atoms with Crippen LogP contribution in [0.1, 0.15) is 427 Å². The molecule has 3 unspecified atom stereocenters. The number of carbonyl (C=O) groups excluding carboxylic acids is 4. The number of ether oxygens (including phenoxy) is 4. The lowest BCUT2D eigenvalue weighted by molar-refractivity contribution is -0.161. The van der Waals surface area contributed by atoms with E-state index in [4.69, 9.17) is 37.0 Å². The average Bonchev–Trinajstić information content (AvgIpc) is 0.935. The fraction of sp³-hybridized carbons (Fsp3) is 0.951.